The largest absolute Gasteiger partial charge is 0.459 e. The van der Waals surface area contributed by atoms with Crippen LogP contribution in [0.4, 0.5) is 0 Å². The molecule has 0 amide bonds. The summed E-state index contributed by atoms with van der Waals surface area (Å²) in [5.41, 5.74) is 1.24. The first-order chi connectivity index (χ1) is 7.24. The number of hydrogen-bond donors (Lipinski definition) is 0. The lowest BCUT2D eigenvalue weighted by atomic mass is 10.1. The Kier molecular flexibility index (Phi) is 2.63. The molecule has 1 heterocycles. The van der Waals surface area contributed by atoms with Crippen molar-refractivity contribution in [3.63, 3.8) is 0 Å². The predicted octanol–water partition coefficient (Wildman–Crippen LogP) is 2.61. The number of rotatable bonds is 1. The number of nitrogens with zero attached hydrogens (tertiary/aromatic N) is 1. The van der Waals surface area contributed by atoms with E-state index < -0.39 is 6.29 Å². The number of nitriles is 1. The molecule has 1 aromatic carbocycles. The lowest BCUT2D eigenvalue weighted by molar-refractivity contribution is -0.0228. The van der Waals surface area contributed by atoms with Crippen molar-refractivity contribution in [2.24, 2.45) is 0 Å². The summed E-state index contributed by atoms with van der Waals surface area (Å²) < 4.78 is 10.5. The number of ether oxygens (including phenoxy) is 2. The van der Waals surface area contributed by atoms with Crippen molar-refractivity contribution in [2.45, 2.75) is 6.29 Å². The molecule has 76 valence electrons. The molecule has 0 radical (unpaired) electrons. The van der Waals surface area contributed by atoms with E-state index >= 15 is 0 Å². The van der Waals surface area contributed by atoms with E-state index in [0.29, 0.717) is 16.3 Å². The standard InChI is InChI=1S/C11H8ClNO2/c1-14-11-8(6-13)4-7-5-9(12)2-3-10(7)15-11/h2-5,11H,1H3. The number of halogens is 1. The highest BCUT2D eigenvalue weighted by atomic mass is 35.5. The SMILES string of the molecule is COC1Oc2ccc(Cl)cc2C=C1C#N. The molecular weight excluding hydrogens is 214 g/mol. The van der Waals surface area contributed by atoms with Gasteiger partial charge in [0.15, 0.2) is 0 Å². The van der Waals surface area contributed by atoms with Crippen LogP contribution in [0.3, 0.4) is 0 Å². The molecule has 15 heavy (non-hydrogen) atoms. The lowest BCUT2D eigenvalue weighted by Crippen LogP contribution is -2.23. The zero-order chi connectivity index (χ0) is 10.8. The zero-order valence-corrected chi connectivity index (χ0v) is 8.78. The molecule has 1 aromatic rings. The summed E-state index contributed by atoms with van der Waals surface area (Å²) in [5, 5.41) is 9.49. The smallest absolute Gasteiger partial charge is 0.236 e. The summed E-state index contributed by atoms with van der Waals surface area (Å²) in [6.45, 7) is 0. The Balaban J connectivity index is 2.48. The van der Waals surface area contributed by atoms with E-state index in [2.05, 4.69) is 0 Å². The second-order valence-corrected chi connectivity index (χ2v) is 3.52. The van der Waals surface area contributed by atoms with E-state index in [-0.39, 0.29) is 0 Å². The third kappa shape index (κ3) is 1.82. The molecule has 1 aliphatic rings. The molecule has 1 aliphatic heterocycles. The third-order valence-corrected chi connectivity index (χ3v) is 2.35. The average Bonchev–Trinajstić information content (AvgIpc) is 2.27. The van der Waals surface area contributed by atoms with Crippen LogP contribution in [0.5, 0.6) is 5.75 Å². The highest BCUT2D eigenvalue weighted by molar-refractivity contribution is 6.30. The maximum Gasteiger partial charge on any atom is 0.236 e. The van der Waals surface area contributed by atoms with Gasteiger partial charge in [0.1, 0.15) is 11.8 Å². The molecule has 0 saturated carbocycles. The Morgan fingerprint density at radius 2 is 2.33 bits per heavy atom. The maximum atomic E-state index is 8.88. The van der Waals surface area contributed by atoms with Gasteiger partial charge in [0, 0.05) is 17.7 Å². The van der Waals surface area contributed by atoms with E-state index in [1.807, 2.05) is 6.07 Å². The number of methoxy groups -OCH3 is 1. The van der Waals surface area contributed by atoms with Crippen LogP contribution in [-0.2, 0) is 4.74 Å². The highest BCUT2D eigenvalue weighted by Crippen LogP contribution is 2.31. The topological polar surface area (TPSA) is 42.2 Å². The molecule has 1 atom stereocenters. The molecule has 1 unspecified atom stereocenters. The Morgan fingerprint density at radius 1 is 1.53 bits per heavy atom. The van der Waals surface area contributed by atoms with Gasteiger partial charge in [-0.05, 0) is 24.3 Å². The van der Waals surface area contributed by atoms with E-state index in [1.54, 1.807) is 24.3 Å². The van der Waals surface area contributed by atoms with Crippen molar-refractivity contribution < 1.29 is 9.47 Å². The third-order valence-electron chi connectivity index (χ3n) is 2.11. The molecule has 0 aromatic heterocycles. The van der Waals surface area contributed by atoms with Gasteiger partial charge >= 0.3 is 0 Å². The molecule has 0 N–H and O–H groups in total. The zero-order valence-electron chi connectivity index (χ0n) is 8.03. The van der Waals surface area contributed by atoms with Crippen molar-refractivity contribution in [1.29, 1.82) is 5.26 Å². The van der Waals surface area contributed by atoms with Gasteiger partial charge in [-0.25, -0.2) is 0 Å². The average molecular weight is 222 g/mol. The van der Waals surface area contributed by atoms with Crippen LogP contribution in [0.1, 0.15) is 5.56 Å². The molecular formula is C11H8ClNO2. The van der Waals surface area contributed by atoms with Crippen molar-refractivity contribution in [3.8, 4) is 11.8 Å². The molecule has 0 bridgehead atoms. The minimum absolute atomic E-state index is 0.437. The Hall–Kier alpha value is -1.50. The van der Waals surface area contributed by atoms with Gasteiger partial charge in [-0.1, -0.05) is 11.6 Å². The minimum Gasteiger partial charge on any atom is -0.459 e. The van der Waals surface area contributed by atoms with Crippen LogP contribution < -0.4 is 4.74 Å². The van der Waals surface area contributed by atoms with E-state index in [4.69, 9.17) is 26.3 Å². The number of hydrogen-bond acceptors (Lipinski definition) is 3. The number of benzene rings is 1. The van der Waals surface area contributed by atoms with E-state index in [0.717, 1.165) is 5.56 Å². The lowest BCUT2D eigenvalue weighted by Gasteiger charge is -2.22. The van der Waals surface area contributed by atoms with Gasteiger partial charge in [0.05, 0.1) is 5.57 Å². The second kappa shape index (κ2) is 3.93. The summed E-state index contributed by atoms with van der Waals surface area (Å²) >= 11 is 5.84. The second-order valence-electron chi connectivity index (χ2n) is 3.08. The summed E-state index contributed by atoms with van der Waals surface area (Å²) in [6.07, 6.45) is 1.10. The maximum absolute atomic E-state index is 8.88. The monoisotopic (exact) mass is 221 g/mol. The molecule has 0 aliphatic carbocycles. The summed E-state index contributed by atoms with van der Waals surface area (Å²) in [6, 6.07) is 7.28. The predicted molar refractivity (Wildman–Crippen MR) is 56.5 cm³/mol. The Bertz CT molecular complexity index is 462. The number of fused-ring (bicyclic) bond motifs is 1. The summed E-state index contributed by atoms with van der Waals surface area (Å²) in [5.74, 6) is 0.672. The van der Waals surface area contributed by atoms with Crippen LogP contribution >= 0.6 is 11.6 Å². The van der Waals surface area contributed by atoms with Crippen molar-refractivity contribution in [3.05, 3.63) is 34.4 Å². The van der Waals surface area contributed by atoms with Gasteiger partial charge in [0.25, 0.3) is 0 Å². The van der Waals surface area contributed by atoms with Crippen molar-refractivity contribution in [1.82, 2.24) is 0 Å². The van der Waals surface area contributed by atoms with Gasteiger partial charge < -0.3 is 9.47 Å². The molecule has 2 rings (SSSR count). The van der Waals surface area contributed by atoms with Gasteiger partial charge in [-0.2, -0.15) is 5.26 Å². The van der Waals surface area contributed by atoms with Crippen LogP contribution in [0.15, 0.2) is 23.8 Å². The normalized spacial score (nSPS) is 18.5. The minimum atomic E-state index is -0.622. The van der Waals surface area contributed by atoms with E-state index in [9.17, 15) is 0 Å². The van der Waals surface area contributed by atoms with Crippen LogP contribution in [0, 0.1) is 11.3 Å². The fraction of sp³-hybridized carbons (Fsp3) is 0.182. The summed E-state index contributed by atoms with van der Waals surface area (Å²) in [7, 11) is 1.50. The van der Waals surface area contributed by atoms with Crippen LogP contribution in [-0.4, -0.2) is 13.4 Å². The van der Waals surface area contributed by atoms with Crippen LogP contribution in [0.2, 0.25) is 5.02 Å². The quantitative estimate of drug-likeness (QED) is 0.732. The van der Waals surface area contributed by atoms with Crippen molar-refractivity contribution >= 4 is 17.7 Å². The Labute approximate surface area is 92.5 Å². The first-order valence-electron chi connectivity index (χ1n) is 4.35. The fourth-order valence-corrected chi connectivity index (χ4v) is 1.59. The van der Waals surface area contributed by atoms with E-state index in [1.165, 1.54) is 7.11 Å². The van der Waals surface area contributed by atoms with Crippen molar-refractivity contribution in [2.75, 3.05) is 7.11 Å². The fourth-order valence-electron chi connectivity index (χ4n) is 1.41. The van der Waals surface area contributed by atoms with Crippen LogP contribution in [0.25, 0.3) is 6.08 Å². The first kappa shape index (κ1) is 10.0. The molecule has 3 nitrogen and oxygen atoms in total. The molecule has 0 spiro atoms. The summed E-state index contributed by atoms with van der Waals surface area (Å²) in [4.78, 5) is 0. The molecule has 4 heteroatoms. The first-order valence-corrected chi connectivity index (χ1v) is 4.73. The highest BCUT2D eigenvalue weighted by Gasteiger charge is 2.22. The van der Waals surface area contributed by atoms with Gasteiger partial charge in [-0.3, -0.25) is 0 Å². The van der Waals surface area contributed by atoms with Gasteiger partial charge in [0.2, 0.25) is 6.29 Å². The molecule has 0 fully saturated rings. The van der Waals surface area contributed by atoms with Gasteiger partial charge in [-0.15, -0.1) is 0 Å². The Morgan fingerprint density at radius 3 is 3.00 bits per heavy atom. The molecule has 0 saturated heterocycles.